The topological polar surface area (TPSA) is 60.9 Å². The molecule has 4 rings (SSSR count). The van der Waals surface area contributed by atoms with Crippen molar-refractivity contribution in [3.05, 3.63) is 0 Å². The van der Waals surface area contributed by atoms with Crippen LogP contribution in [0.5, 0.6) is 0 Å². The zero-order chi connectivity index (χ0) is 19.6. The van der Waals surface area contributed by atoms with E-state index in [0.717, 1.165) is 51.0 Å². The molecule has 0 aromatic heterocycles. The highest BCUT2D eigenvalue weighted by atomic mass is 16.3. The van der Waals surface area contributed by atoms with Crippen LogP contribution >= 0.6 is 0 Å². The molecule has 2 saturated heterocycles. The second-order valence-electron chi connectivity index (χ2n) is 10.0. The molecule has 2 aliphatic carbocycles. The maximum atomic E-state index is 13.0. The highest BCUT2D eigenvalue weighted by Gasteiger charge is 2.56. The van der Waals surface area contributed by atoms with Gasteiger partial charge in [0.2, 0.25) is 11.8 Å². The minimum absolute atomic E-state index is 0.188. The van der Waals surface area contributed by atoms with Crippen LogP contribution in [0.15, 0.2) is 0 Å². The van der Waals surface area contributed by atoms with Gasteiger partial charge in [-0.05, 0) is 38.0 Å². The Balaban J connectivity index is 1.39. The van der Waals surface area contributed by atoms with Crippen LogP contribution in [-0.2, 0) is 9.59 Å². The Bertz CT molecular complexity index is 580. The zero-order valence-corrected chi connectivity index (χ0v) is 17.5. The Morgan fingerprint density at radius 2 is 1.75 bits per heavy atom. The van der Waals surface area contributed by atoms with Crippen LogP contribution in [0.3, 0.4) is 0 Å². The molecule has 4 aliphatic rings. The molecule has 4 fully saturated rings. The standard InChI is InChI=1S/C23H38N2O3/c26-20-9-6-15-24(20)18-23(28)14-16-25(17-22(23)12-4-5-13-22)21(27)11-10-19-7-2-1-3-8-19/h19,28H,1-18H2. The van der Waals surface area contributed by atoms with Gasteiger partial charge < -0.3 is 14.9 Å². The molecular weight excluding hydrogens is 352 g/mol. The minimum atomic E-state index is -0.830. The normalized spacial score (nSPS) is 31.1. The molecule has 0 bridgehead atoms. The molecule has 28 heavy (non-hydrogen) atoms. The van der Waals surface area contributed by atoms with Crippen molar-refractivity contribution in [2.24, 2.45) is 11.3 Å². The van der Waals surface area contributed by atoms with E-state index in [1.54, 1.807) is 0 Å². The molecule has 2 aliphatic heterocycles. The van der Waals surface area contributed by atoms with Gasteiger partial charge in [-0.25, -0.2) is 0 Å². The molecule has 5 nitrogen and oxygen atoms in total. The predicted molar refractivity (Wildman–Crippen MR) is 109 cm³/mol. The van der Waals surface area contributed by atoms with E-state index in [0.29, 0.717) is 38.9 Å². The second-order valence-corrected chi connectivity index (χ2v) is 10.0. The van der Waals surface area contributed by atoms with E-state index in [1.165, 1.54) is 32.1 Å². The first-order valence-electron chi connectivity index (χ1n) is 11.8. The summed E-state index contributed by atoms with van der Waals surface area (Å²) < 4.78 is 0. The van der Waals surface area contributed by atoms with Crippen molar-refractivity contribution < 1.29 is 14.7 Å². The Morgan fingerprint density at radius 3 is 2.43 bits per heavy atom. The Labute approximate surface area is 169 Å². The number of amides is 2. The van der Waals surface area contributed by atoms with E-state index in [1.807, 2.05) is 4.90 Å². The van der Waals surface area contributed by atoms with Crippen molar-refractivity contribution in [1.82, 2.24) is 9.80 Å². The maximum absolute atomic E-state index is 13.0. The third-order valence-electron chi connectivity index (χ3n) is 8.30. The van der Waals surface area contributed by atoms with Crippen molar-refractivity contribution in [1.29, 1.82) is 0 Å². The van der Waals surface area contributed by atoms with Crippen molar-refractivity contribution in [3.8, 4) is 0 Å². The second kappa shape index (κ2) is 8.33. The maximum Gasteiger partial charge on any atom is 0.222 e. The fraction of sp³-hybridized carbons (Fsp3) is 0.913. The molecule has 2 heterocycles. The van der Waals surface area contributed by atoms with Gasteiger partial charge in [0, 0.05) is 37.9 Å². The van der Waals surface area contributed by atoms with Crippen LogP contribution in [-0.4, -0.2) is 58.5 Å². The smallest absolute Gasteiger partial charge is 0.222 e. The molecule has 0 aromatic rings. The average molecular weight is 391 g/mol. The molecule has 1 N–H and O–H groups in total. The first-order valence-corrected chi connectivity index (χ1v) is 11.8. The minimum Gasteiger partial charge on any atom is -0.387 e. The monoisotopic (exact) mass is 390 g/mol. The van der Waals surface area contributed by atoms with Crippen LogP contribution in [0.1, 0.15) is 89.9 Å². The predicted octanol–water partition coefficient (Wildman–Crippen LogP) is 3.49. The molecule has 0 aromatic carbocycles. The molecule has 158 valence electrons. The van der Waals surface area contributed by atoms with Gasteiger partial charge in [-0.1, -0.05) is 44.9 Å². The van der Waals surface area contributed by atoms with E-state index >= 15 is 0 Å². The van der Waals surface area contributed by atoms with Crippen molar-refractivity contribution in [3.63, 3.8) is 0 Å². The molecule has 2 saturated carbocycles. The van der Waals surface area contributed by atoms with Crippen LogP contribution in [0.25, 0.3) is 0 Å². The summed E-state index contributed by atoms with van der Waals surface area (Å²) in [5.41, 5.74) is -1.04. The van der Waals surface area contributed by atoms with Crippen LogP contribution in [0.4, 0.5) is 0 Å². The number of hydrogen-bond donors (Lipinski definition) is 1. The summed E-state index contributed by atoms with van der Waals surface area (Å²) in [6.07, 6.45) is 14.7. The van der Waals surface area contributed by atoms with Gasteiger partial charge in [0.25, 0.3) is 0 Å². The molecular formula is C23H38N2O3. The molecule has 2 amide bonds. The number of likely N-dealkylation sites (tertiary alicyclic amines) is 2. The highest BCUT2D eigenvalue weighted by Crippen LogP contribution is 2.51. The van der Waals surface area contributed by atoms with E-state index in [2.05, 4.69) is 4.90 Å². The van der Waals surface area contributed by atoms with E-state index in [9.17, 15) is 14.7 Å². The van der Waals surface area contributed by atoms with Gasteiger partial charge in [0.1, 0.15) is 0 Å². The first kappa shape index (κ1) is 20.2. The van der Waals surface area contributed by atoms with Crippen molar-refractivity contribution in [2.75, 3.05) is 26.2 Å². The molecule has 5 heteroatoms. The number of hydrogen-bond acceptors (Lipinski definition) is 3. The Kier molecular flexibility index (Phi) is 6.01. The summed E-state index contributed by atoms with van der Waals surface area (Å²) >= 11 is 0. The van der Waals surface area contributed by atoms with Gasteiger partial charge in [-0.15, -0.1) is 0 Å². The number of aliphatic hydroxyl groups is 1. The van der Waals surface area contributed by atoms with Gasteiger partial charge in [-0.2, -0.15) is 0 Å². The van der Waals surface area contributed by atoms with Crippen molar-refractivity contribution in [2.45, 2.75) is 95.5 Å². The summed E-state index contributed by atoms with van der Waals surface area (Å²) in [6.45, 7) is 2.58. The lowest BCUT2D eigenvalue weighted by molar-refractivity contribution is -0.165. The lowest BCUT2D eigenvalue weighted by Gasteiger charge is -2.53. The van der Waals surface area contributed by atoms with E-state index in [-0.39, 0.29) is 17.2 Å². The highest BCUT2D eigenvalue weighted by molar-refractivity contribution is 5.78. The SMILES string of the molecule is O=C1CCCN1CC1(O)CCN(C(=O)CCC2CCCCC2)CC12CCCC2. The van der Waals surface area contributed by atoms with E-state index < -0.39 is 5.60 Å². The summed E-state index contributed by atoms with van der Waals surface area (Å²) in [5.74, 6) is 1.21. The summed E-state index contributed by atoms with van der Waals surface area (Å²) in [5, 5.41) is 11.7. The first-order chi connectivity index (χ1) is 13.5. The lowest BCUT2D eigenvalue weighted by Crippen LogP contribution is -2.64. The van der Waals surface area contributed by atoms with Gasteiger partial charge in [0.15, 0.2) is 0 Å². The van der Waals surface area contributed by atoms with Crippen LogP contribution < -0.4 is 0 Å². The Hall–Kier alpha value is -1.10. The van der Waals surface area contributed by atoms with Crippen LogP contribution in [0, 0.1) is 11.3 Å². The third kappa shape index (κ3) is 3.96. The lowest BCUT2D eigenvalue weighted by atomic mass is 9.65. The fourth-order valence-electron chi connectivity index (χ4n) is 6.46. The number of carbonyl (C=O) groups excluding carboxylic acids is 2. The third-order valence-corrected chi connectivity index (χ3v) is 8.30. The average Bonchev–Trinajstić information content (AvgIpc) is 3.33. The largest absolute Gasteiger partial charge is 0.387 e. The summed E-state index contributed by atoms with van der Waals surface area (Å²) in [6, 6.07) is 0. The molecule has 0 radical (unpaired) electrons. The summed E-state index contributed by atoms with van der Waals surface area (Å²) in [4.78, 5) is 29.0. The number of piperidine rings is 1. The number of rotatable bonds is 5. The van der Waals surface area contributed by atoms with Gasteiger partial charge >= 0.3 is 0 Å². The summed E-state index contributed by atoms with van der Waals surface area (Å²) in [7, 11) is 0. The molecule has 1 atom stereocenters. The van der Waals surface area contributed by atoms with Gasteiger partial charge in [0.05, 0.1) is 12.1 Å². The molecule has 1 spiro atoms. The quantitative estimate of drug-likeness (QED) is 0.782. The van der Waals surface area contributed by atoms with Crippen molar-refractivity contribution >= 4 is 11.8 Å². The number of nitrogens with zero attached hydrogens (tertiary/aromatic N) is 2. The number of carbonyl (C=O) groups is 2. The van der Waals surface area contributed by atoms with Gasteiger partial charge in [-0.3, -0.25) is 9.59 Å². The Morgan fingerprint density at radius 1 is 1.00 bits per heavy atom. The molecule has 1 unspecified atom stereocenters. The van der Waals surface area contributed by atoms with E-state index in [4.69, 9.17) is 0 Å². The van der Waals surface area contributed by atoms with Crippen LogP contribution in [0.2, 0.25) is 0 Å². The zero-order valence-electron chi connectivity index (χ0n) is 17.5. The number of β-amino-alcohol motifs (C(OH)–C–C–N with tert-alkyl or cyclic N) is 1. The fourth-order valence-corrected chi connectivity index (χ4v) is 6.46.